The van der Waals surface area contributed by atoms with E-state index in [2.05, 4.69) is 29.2 Å². The van der Waals surface area contributed by atoms with Crippen molar-refractivity contribution in [3.63, 3.8) is 0 Å². The Labute approximate surface area is 129 Å². The zero-order valence-corrected chi connectivity index (χ0v) is 12.4. The van der Waals surface area contributed by atoms with Gasteiger partial charge in [-0.05, 0) is 17.2 Å². The first-order chi connectivity index (χ1) is 10.8. The Balaban J connectivity index is 1.87. The predicted octanol–water partition coefficient (Wildman–Crippen LogP) is 3.11. The summed E-state index contributed by atoms with van der Waals surface area (Å²) in [7, 11) is 1.86. The molecule has 4 rings (SSSR count). The molecular formula is C18H17N3O. The SMILES string of the molecule is CN1CCC(n2ccnc2-c2cccc3ccccc23)C1=O. The molecule has 1 unspecified atom stereocenters. The molecule has 2 heterocycles. The van der Waals surface area contributed by atoms with E-state index in [1.807, 2.05) is 36.0 Å². The molecule has 1 saturated heterocycles. The first-order valence-electron chi connectivity index (χ1n) is 7.51. The summed E-state index contributed by atoms with van der Waals surface area (Å²) in [5.41, 5.74) is 1.07. The highest BCUT2D eigenvalue weighted by Crippen LogP contribution is 2.31. The van der Waals surface area contributed by atoms with Gasteiger partial charge in [0.2, 0.25) is 5.91 Å². The van der Waals surface area contributed by atoms with E-state index in [0.29, 0.717) is 0 Å². The summed E-state index contributed by atoms with van der Waals surface area (Å²) in [4.78, 5) is 18.7. The third kappa shape index (κ3) is 1.91. The zero-order valence-electron chi connectivity index (χ0n) is 12.4. The van der Waals surface area contributed by atoms with Crippen LogP contribution in [0, 0.1) is 0 Å². The summed E-state index contributed by atoms with van der Waals surface area (Å²) in [6.45, 7) is 0.802. The van der Waals surface area contributed by atoms with Crippen LogP contribution in [0.15, 0.2) is 54.9 Å². The van der Waals surface area contributed by atoms with Gasteiger partial charge >= 0.3 is 0 Å². The molecule has 1 fully saturated rings. The minimum Gasteiger partial charge on any atom is -0.344 e. The number of fused-ring (bicyclic) bond motifs is 1. The number of amides is 1. The molecule has 1 aliphatic heterocycles. The highest BCUT2D eigenvalue weighted by molar-refractivity contribution is 5.95. The molecule has 1 atom stereocenters. The van der Waals surface area contributed by atoms with Crippen molar-refractivity contribution in [1.29, 1.82) is 0 Å². The predicted molar refractivity (Wildman–Crippen MR) is 86.5 cm³/mol. The molecule has 0 spiro atoms. The summed E-state index contributed by atoms with van der Waals surface area (Å²) in [5, 5.41) is 2.35. The van der Waals surface area contributed by atoms with Gasteiger partial charge in [-0.25, -0.2) is 4.98 Å². The number of carbonyl (C=O) groups is 1. The van der Waals surface area contributed by atoms with Gasteiger partial charge in [-0.3, -0.25) is 4.79 Å². The third-order valence-electron chi connectivity index (χ3n) is 4.43. The monoisotopic (exact) mass is 291 g/mol. The minimum absolute atomic E-state index is 0.138. The maximum absolute atomic E-state index is 12.3. The van der Waals surface area contributed by atoms with E-state index in [1.54, 1.807) is 11.1 Å². The van der Waals surface area contributed by atoms with Crippen LogP contribution in [0.3, 0.4) is 0 Å². The molecule has 1 aliphatic rings. The Morgan fingerprint density at radius 3 is 2.77 bits per heavy atom. The van der Waals surface area contributed by atoms with Gasteiger partial charge in [0, 0.05) is 31.5 Å². The normalized spacial score (nSPS) is 18.3. The van der Waals surface area contributed by atoms with E-state index in [1.165, 1.54) is 5.39 Å². The fourth-order valence-electron chi connectivity index (χ4n) is 3.26. The van der Waals surface area contributed by atoms with Crippen LogP contribution < -0.4 is 0 Å². The van der Waals surface area contributed by atoms with E-state index in [9.17, 15) is 4.79 Å². The summed E-state index contributed by atoms with van der Waals surface area (Å²) in [5.74, 6) is 1.03. The molecule has 1 amide bonds. The first kappa shape index (κ1) is 13.1. The number of nitrogens with zero attached hydrogens (tertiary/aromatic N) is 3. The maximum Gasteiger partial charge on any atom is 0.245 e. The fourth-order valence-corrected chi connectivity index (χ4v) is 3.26. The smallest absolute Gasteiger partial charge is 0.245 e. The summed E-state index contributed by atoms with van der Waals surface area (Å²) in [6, 6.07) is 14.3. The standard InChI is InChI=1S/C18H17N3O/c1-20-11-9-16(18(20)22)21-12-10-19-17(21)15-8-4-6-13-5-2-3-7-14(13)15/h2-8,10,12,16H,9,11H2,1H3. The second-order valence-electron chi connectivity index (χ2n) is 5.75. The number of likely N-dealkylation sites (N-methyl/N-ethyl adjacent to an activating group) is 1. The van der Waals surface area contributed by atoms with Crippen molar-refractivity contribution >= 4 is 16.7 Å². The molecule has 110 valence electrons. The molecule has 22 heavy (non-hydrogen) atoms. The van der Waals surface area contributed by atoms with Crippen molar-refractivity contribution in [2.75, 3.05) is 13.6 Å². The lowest BCUT2D eigenvalue weighted by atomic mass is 10.0. The van der Waals surface area contributed by atoms with Crippen molar-refractivity contribution < 1.29 is 4.79 Å². The number of hydrogen-bond acceptors (Lipinski definition) is 2. The number of rotatable bonds is 2. The lowest BCUT2D eigenvalue weighted by molar-refractivity contribution is -0.129. The van der Waals surface area contributed by atoms with Crippen molar-refractivity contribution in [2.45, 2.75) is 12.5 Å². The molecule has 0 bridgehead atoms. The first-order valence-corrected chi connectivity index (χ1v) is 7.51. The van der Waals surface area contributed by atoms with Gasteiger partial charge in [-0.15, -0.1) is 0 Å². The third-order valence-corrected chi connectivity index (χ3v) is 4.43. The Hall–Kier alpha value is -2.62. The Kier molecular flexibility index (Phi) is 2.96. The molecule has 4 nitrogen and oxygen atoms in total. The quantitative estimate of drug-likeness (QED) is 0.727. The Bertz CT molecular complexity index is 847. The lowest BCUT2D eigenvalue weighted by Gasteiger charge is -2.15. The van der Waals surface area contributed by atoms with E-state index in [-0.39, 0.29) is 11.9 Å². The fraction of sp³-hybridized carbons (Fsp3) is 0.222. The van der Waals surface area contributed by atoms with Crippen LogP contribution in [-0.4, -0.2) is 34.0 Å². The molecule has 2 aromatic carbocycles. The number of hydrogen-bond donors (Lipinski definition) is 0. The highest BCUT2D eigenvalue weighted by Gasteiger charge is 2.31. The molecule has 0 saturated carbocycles. The molecule has 0 N–H and O–H groups in total. The van der Waals surface area contributed by atoms with Crippen LogP contribution in [0.2, 0.25) is 0 Å². The number of aromatic nitrogens is 2. The van der Waals surface area contributed by atoms with Crippen molar-refractivity contribution in [2.24, 2.45) is 0 Å². The molecular weight excluding hydrogens is 274 g/mol. The lowest BCUT2D eigenvalue weighted by Crippen LogP contribution is -2.24. The van der Waals surface area contributed by atoms with Crippen LogP contribution in [0.4, 0.5) is 0 Å². The van der Waals surface area contributed by atoms with Gasteiger partial charge < -0.3 is 9.47 Å². The van der Waals surface area contributed by atoms with E-state index >= 15 is 0 Å². The second-order valence-corrected chi connectivity index (χ2v) is 5.75. The summed E-state index contributed by atoms with van der Waals surface area (Å²) < 4.78 is 2.02. The van der Waals surface area contributed by atoms with Gasteiger partial charge in [-0.2, -0.15) is 0 Å². The minimum atomic E-state index is -0.138. The number of likely N-dealkylation sites (tertiary alicyclic amines) is 1. The molecule has 0 radical (unpaired) electrons. The highest BCUT2D eigenvalue weighted by atomic mass is 16.2. The average molecular weight is 291 g/mol. The summed E-state index contributed by atoms with van der Waals surface area (Å²) >= 11 is 0. The number of carbonyl (C=O) groups excluding carboxylic acids is 1. The van der Waals surface area contributed by atoms with Gasteiger partial charge in [-0.1, -0.05) is 42.5 Å². The van der Waals surface area contributed by atoms with Gasteiger partial charge in [0.1, 0.15) is 11.9 Å². The zero-order chi connectivity index (χ0) is 15.1. The average Bonchev–Trinajstić information content (AvgIpc) is 3.14. The second kappa shape index (κ2) is 4.98. The topological polar surface area (TPSA) is 38.1 Å². The van der Waals surface area contributed by atoms with E-state index < -0.39 is 0 Å². The van der Waals surface area contributed by atoms with Crippen LogP contribution in [-0.2, 0) is 4.79 Å². The Morgan fingerprint density at radius 1 is 1.14 bits per heavy atom. The van der Waals surface area contributed by atoms with Crippen LogP contribution in [0.25, 0.3) is 22.2 Å². The summed E-state index contributed by atoms with van der Waals surface area (Å²) in [6.07, 6.45) is 4.53. The van der Waals surface area contributed by atoms with Crippen LogP contribution >= 0.6 is 0 Å². The molecule has 3 aromatic rings. The largest absolute Gasteiger partial charge is 0.344 e. The molecule has 0 aliphatic carbocycles. The number of benzene rings is 2. The van der Waals surface area contributed by atoms with Crippen molar-refractivity contribution in [3.8, 4) is 11.4 Å². The maximum atomic E-state index is 12.3. The molecule has 1 aromatic heterocycles. The van der Waals surface area contributed by atoms with Crippen molar-refractivity contribution in [3.05, 3.63) is 54.9 Å². The van der Waals surface area contributed by atoms with Gasteiger partial charge in [0.15, 0.2) is 0 Å². The molecule has 4 heteroatoms. The van der Waals surface area contributed by atoms with Gasteiger partial charge in [0.25, 0.3) is 0 Å². The van der Waals surface area contributed by atoms with E-state index in [4.69, 9.17) is 0 Å². The Morgan fingerprint density at radius 2 is 1.95 bits per heavy atom. The van der Waals surface area contributed by atoms with Crippen LogP contribution in [0.5, 0.6) is 0 Å². The van der Waals surface area contributed by atoms with Crippen LogP contribution in [0.1, 0.15) is 12.5 Å². The van der Waals surface area contributed by atoms with Gasteiger partial charge in [0.05, 0.1) is 0 Å². The van der Waals surface area contributed by atoms with E-state index in [0.717, 1.165) is 29.7 Å². The van der Waals surface area contributed by atoms with Crippen molar-refractivity contribution in [1.82, 2.24) is 14.5 Å². The number of imidazole rings is 1.